The van der Waals surface area contributed by atoms with Gasteiger partial charge in [0, 0.05) is 39.8 Å². The molecule has 0 atom stereocenters. The van der Waals surface area contributed by atoms with Gasteiger partial charge < -0.3 is 19.9 Å². The Morgan fingerprint density at radius 3 is 2.35 bits per heavy atom. The zero-order valence-electron chi connectivity index (χ0n) is 18.0. The molecule has 0 aliphatic heterocycles. The molecular formula is C21H26FN5O4. The molecule has 0 spiro atoms. The number of carbonyl (C=O) groups excluding carboxylic acids is 1. The summed E-state index contributed by atoms with van der Waals surface area (Å²) in [6.07, 6.45) is 0. The quantitative estimate of drug-likeness (QED) is 0.298. The van der Waals surface area contributed by atoms with E-state index in [1.165, 1.54) is 30.2 Å². The van der Waals surface area contributed by atoms with Gasteiger partial charge in [0.2, 0.25) is 5.91 Å². The van der Waals surface area contributed by atoms with Crippen LogP contribution in [0.4, 0.5) is 10.1 Å². The Balaban J connectivity index is 2.17. The van der Waals surface area contributed by atoms with Gasteiger partial charge in [0.15, 0.2) is 17.5 Å². The number of hydrogen-bond donors (Lipinski definition) is 1. The van der Waals surface area contributed by atoms with E-state index in [1.807, 2.05) is 0 Å². The van der Waals surface area contributed by atoms with Crippen LogP contribution in [0.1, 0.15) is 11.1 Å². The van der Waals surface area contributed by atoms with Crippen LogP contribution >= 0.6 is 0 Å². The summed E-state index contributed by atoms with van der Waals surface area (Å²) in [4.78, 5) is 30.1. The number of nitrogens with one attached hydrogen (secondary N) is 1. The van der Waals surface area contributed by atoms with E-state index in [9.17, 15) is 19.3 Å². The number of ether oxygens (including phenoxy) is 1. The molecule has 0 radical (unpaired) electrons. The van der Waals surface area contributed by atoms with Crippen molar-refractivity contribution in [1.82, 2.24) is 15.1 Å². The average Bonchev–Trinajstić information content (AvgIpc) is 2.73. The first kappa shape index (κ1) is 23.6. The molecular weight excluding hydrogens is 405 g/mol. The molecule has 2 rings (SSSR count). The SMILES string of the molecule is COc1ccc(CN(C)C(=NCc2ccc([N+](=O)[O-])cc2)NCC(=O)N(C)C)cc1F. The monoisotopic (exact) mass is 431 g/mol. The summed E-state index contributed by atoms with van der Waals surface area (Å²) in [7, 11) is 6.48. The molecule has 0 heterocycles. The molecule has 0 saturated heterocycles. The molecule has 0 aliphatic rings. The van der Waals surface area contributed by atoms with Crippen LogP contribution in [-0.2, 0) is 17.9 Å². The molecule has 0 unspecified atom stereocenters. The normalized spacial score (nSPS) is 11.1. The van der Waals surface area contributed by atoms with Gasteiger partial charge >= 0.3 is 0 Å². The first-order valence-corrected chi connectivity index (χ1v) is 9.46. The highest BCUT2D eigenvalue weighted by molar-refractivity contribution is 5.86. The number of halogens is 1. The number of nitrogens with zero attached hydrogens (tertiary/aromatic N) is 4. The van der Waals surface area contributed by atoms with Crippen molar-refractivity contribution in [2.45, 2.75) is 13.1 Å². The molecule has 31 heavy (non-hydrogen) atoms. The van der Waals surface area contributed by atoms with E-state index in [0.29, 0.717) is 18.1 Å². The van der Waals surface area contributed by atoms with Crippen LogP contribution in [0.2, 0.25) is 0 Å². The van der Waals surface area contributed by atoms with Crippen molar-refractivity contribution in [1.29, 1.82) is 0 Å². The Morgan fingerprint density at radius 2 is 1.81 bits per heavy atom. The minimum Gasteiger partial charge on any atom is -0.494 e. The largest absolute Gasteiger partial charge is 0.494 e. The molecule has 1 amide bonds. The minimum absolute atomic E-state index is 0.00121. The van der Waals surface area contributed by atoms with E-state index in [1.54, 1.807) is 50.3 Å². The van der Waals surface area contributed by atoms with Crippen LogP contribution in [0, 0.1) is 15.9 Å². The first-order valence-electron chi connectivity index (χ1n) is 9.46. The highest BCUT2D eigenvalue weighted by Crippen LogP contribution is 2.18. The van der Waals surface area contributed by atoms with Gasteiger partial charge in [0.05, 0.1) is 25.1 Å². The van der Waals surface area contributed by atoms with Gasteiger partial charge in [-0.25, -0.2) is 9.38 Å². The van der Waals surface area contributed by atoms with Crippen LogP contribution in [0.5, 0.6) is 5.75 Å². The van der Waals surface area contributed by atoms with Gasteiger partial charge in [0.25, 0.3) is 5.69 Å². The summed E-state index contributed by atoms with van der Waals surface area (Å²) < 4.78 is 19.0. The molecule has 2 aromatic carbocycles. The van der Waals surface area contributed by atoms with E-state index >= 15 is 0 Å². The van der Waals surface area contributed by atoms with Crippen molar-refractivity contribution < 1.29 is 18.8 Å². The molecule has 10 heteroatoms. The third kappa shape index (κ3) is 6.95. The fraction of sp³-hybridized carbons (Fsp3) is 0.333. The van der Waals surface area contributed by atoms with Crippen LogP contribution in [0.3, 0.4) is 0 Å². The maximum absolute atomic E-state index is 14.0. The number of nitro groups is 1. The van der Waals surface area contributed by atoms with Crippen molar-refractivity contribution >= 4 is 17.6 Å². The Labute approximate surface area is 180 Å². The molecule has 0 aromatic heterocycles. The second kappa shape index (κ2) is 10.9. The Kier molecular flexibility index (Phi) is 8.30. The van der Waals surface area contributed by atoms with Crippen molar-refractivity contribution in [3.63, 3.8) is 0 Å². The number of carbonyl (C=O) groups is 1. The lowest BCUT2D eigenvalue weighted by Crippen LogP contribution is -2.43. The van der Waals surface area contributed by atoms with Gasteiger partial charge in [-0.15, -0.1) is 0 Å². The maximum atomic E-state index is 14.0. The van der Waals surface area contributed by atoms with E-state index in [2.05, 4.69) is 10.3 Å². The van der Waals surface area contributed by atoms with Gasteiger partial charge in [0.1, 0.15) is 0 Å². The predicted molar refractivity (Wildman–Crippen MR) is 115 cm³/mol. The number of methoxy groups -OCH3 is 1. The van der Waals surface area contributed by atoms with E-state index in [-0.39, 0.29) is 30.4 Å². The number of nitro benzene ring substituents is 1. The number of likely N-dealkylation sites (N-methyl/N-ethyl adjacent to an activating group) is 1. The molecule has 1 N–H and O–H groups in total. The number of benzene rings is 2. The molecule has 9 nitrogen and oxygen atoms in total. The summed E-state index contributed by atoms with van der Waals surface area (Å²) in [5.74, 6) is -0.00149. The van der Waals surface area contributed by atoms with Gasteiger partial charge in [-0.3, -0.25) is 14.9 Å². The molecule has 0 saturated carbocycles. The lowest BCUT2D eigenvalue weighted by molar-refractivity contribution is -0.384. The van der Waals surface area contributed by atoms with Crippen LogP contribution < -0.4 is 10.1 Å². The fourth-order valence-corrected chi connectivity index (χ4v) is 2.67. The highest BCUT2D eigenvalue weighted by atomic mass is 19.1. The summed E-state index contributed by atoms with van der Waals surface area (Å²) in [5.41, 5.74) is 1.47. The van der Waals surface area contributed by atoms with Gasteiger partial charge in [-0.2, -0.15) is 0 Å². The van der Waals surface area contributed by atoms with E-state index in [0.717, 1.165) is 5.56 Å². The number of rotatable bonds is 8. The topological polar surface area (TPSA) is 100 Å². The predicted octanol–water partition coefficient (Wildman–Crippen LogP) is 2.41. The number of hydrogen-bond acceptors (Lipinski definition) is 5. The number of aliphatic imine (C=N–C) groups is 1. The average molecular weight is 431 g/mol. The van der Waals surface area contributed by atoms with Gasteiger partial charge in [-0.05, 0) is 23.3 Å². The third-order valence-electron chi connectivity index (χ3n) is 4.45. The summed E-state index contributed by atoms with van der Waals surface area (Å²) in [6.45, 7) is 0.619. The van der Waals surface area contributed by atoms with E-state index in [4.69, 9.17) is 4.74 Å². The van der Waals surface area contributed by atoms with Gasteiger partial charge in [-0.1, -0.05) is 18.2 Å². The summed E-state index contributed by atoms with van der Waals surface area (Å²) >= 11 is 0. The van der Waals surface area contributed by atoms with Crippen molar-refractivity contribution in [2.75, 3.05) is 34.8 Å². The minimum atomic E-state index is -0.464. The Bertz CT molecular complexity index is 947. The summed E-state index contributed by atoms with van der Waals surface area (Å²) in [5, 5.41) is 13.8. The van der Waals surface area contributed by atoms with Crippen LogP contribution in [0.25, 0.3) is 0 Å². The third-order valence-corrected chi connectivity index (χ3v) is 4.45. The lowest BCUT2D eigenvalue weighted by atomic mass is 10.2. The summed E-state index contributed by atoms with van der Waals surface area (Å²) in [6, 6.07) is 10.8. The zero-order chi connectivity index (χ0) is 23.0. The zero-order valence-corrected chi connectivity index (χ0v) is 18.0. The number of amides is 1. The maximum Gasteiger partial charge on any atom is 0.269 e. The Morgan fingerprint density at radius 1 is 1.16 bits per heavy atom. The molecule has 0 aliphatic carbocycles. The van der Waals surface area contributed by atoms with Crippen LogP contribution in [0.15, 0.2) is 47.5 Å². The molecule has 2 aromatic rings. The Hall–Kier alpha value is -3.69. The van der Waals surface area contributed by atoms with Crippen molar-refractivity contribution in [3.05, 3.63) is 69.5 Å². The standard InChI is InChI=1S/C21H26FN5O4/c1-25(2)20(28)13-24-21(23-12-15-5-8-17(9-6-15)27(29)30)26(3)14-16-7-10-19(31-4)18(22)11-16/h5-11H,12-14H2,1-4H3,(H,23,24). The lowest BCUT2D eigenvalue weighted by Gasteiger charge is -2.23. The van der Waals surface area contributed by atoms with Crippen LogP contribution in [-0.4, -0.2) is 61.4 Å². The second-order valence-electron chi connectivity index (χ2n) is 7.03. The van der Waals surface area contributed by atoms with Crippen molar-refractivity contribution in [3.8, 4) is 5.75 Å². The number of non-ortho nitro benzene ring substituents is 1. The fourth-order valence-electron chi connectivity index (χ4n) is 2.67. The second-order valence-corrected chi connectivity index (χ2v) is 7.03. The number of guanidine groups is 1. The molecule has 166 valence electrons. The van der Waals surface area contributed by atoms with Crippen molar-refractivity contribution in [2.24, 2.45) is 4.99 Å². The smallest absolute Gasteiger partial charge is 0.269 e. The van der Waals surface area contributed by atoms with E-state index < -0.39 is 10.7 Å². The molecule has 0 fully saturated rings. The molecule has 0 bridgehead atoms. The first-order chi connectivity index (χ1) is 14.7. The highest BCUT2D eigenvalue weighted by Gasteiger charge is 2.12.